The van der Waals surface area contributed by atoms with Crippen LogP contribution < -0.4 is 0 Å². The van der Waals surface area contributed by atoms with Crippen LogP contribution in [0.3, 0.4) is 0 Å². The van der Waals surface area contributed by atoms with Crippen LogP contribution in [0, 0.1) is 0 Å². The number of piperidine rings is 1. The van der Waals surface area contributed by atoms with E-state index < -0.39 is 5.79 Å². The molecule has 0 bridgehead atoms. The average Bonchev–Trinajstić information content (AvgIpc) is 3.36. The van der Waals surface area contributed by atoms with Crippen molar-refractivity contribution >= 4 is 11.6 Å². The third-order valence-electron chi connectivity index (χ3n) is 6.31. The van der Waals surface area contributed by atoms with E-state index in [-0.39, 0.29) is 5.91 Å². The van der Waals surface area contributed by atoms with Gasteiger partial charge in [-0.1, -0.05) is 6.07 Å². The molecule has 2 aromatic rings. The van der Waals surface area contributed by atoms with E-state index >= 15 is 0 Å². The van der Waals surface area contributed by atoms with Gasteiger partial charge in [-0.2, -0.15) is 0 Å². The standard InChI is InChI=1S/C21H29N5O3/c27-20(25-7-4-21(5-8-25)28-13-14-29-21)17-24-11-9-23(10-12-24)15-18-16-26-6-2-1-3-19(26)22-18/h1-3,6,16H,4-5,7-15,17H2. The molecular formula is C21H29N5O3. The molecule has 8 nitrogen and oxygen atoms in total. The van der Waals surface area contributed by atoms with Gasteiger partial charge in [-0.25, -0.2) is 4.98 Å². The fourth-order valence-corrected chi connectivity index (χ4v) is 4.57. The van der Waals surface area contributed by atoms with E-state index in [0.29, 0.717) is 19.8 Å². The molecule has 29 heavy (non-hydrogen) atoms. The number of carbonyl (C=O) groups is 1. The van der Waals surface area contributed by atoms with Crippen LogP contribution in [0.1, 0.15) is 18.5 Å². The summed E-state index contributed by atoms with van der Waals surface area (Å²) < 4.78 is 13.6. The predicted molar refractivity (Wildman–Crippen MR) is 107 cm³/mol. The van der Waals surface area contributed by atoms with Crippen LogP contribution in [-0.4, -0.2) is 94.8 Å². The highest BCUT2D eigenvalue weighted by molar-refractivity contribution is 5.78. The zero-order valence-corrected chi connectivity index (χ0v) is 16.8. The highest BCUT2D eigenvalue weighted by atomic mass is 16.7. The fourth-order valence-electron chi connectivity index (χ4n) is 4.57. The fraction of sp³-hybridized carbons (Fsp3) is 0.619. The number of imidazole rings is 1. The molecule has 0 unspecified atom stereocenters. The third kappa shape index (κ3) is 4.16. The van der Waals surface area contributed by atoms with E-state index in [4.69, 9.17) is 14.5 Å². The molecule has 3 fully saturated rings. The molecule has 1 spiro atoms. The van der Waals surface area contributed by atoms with Gasteiger partial charge in [0.05, 0.1) is 25.5 Å². The van der Waals surface area contributed by atoms with Gasteiger partial charge >= 0.3 is 0 Å². The Morgan fingerprint density at radius 2 is 1.72 bits per heavy atom. The molecule has 0 aromatic carbocycles. The Morgan fingerprint density at radius 3 is 2.45 bits per heavy atom. The Bertz CT molecular complexity index is 812. The maximum absolute atomic E-state index is 12.7. The van der Waals surface area contributed by atoms with Crippen LogP contribution in [-0.2, 0) is 20.8 Å². The molecule has 8 heteroatoms. The quantitative estimate of drug-likeness (QED) is 0.759. The molecule has 0 saturated carbocycles. The molecule has 0 aliphatic carbocycles. The first kappa shape index (κ1) is 19.0. The largest absolute Gasteiger partial charge is 0.347 e. The maximum atomic E-state index is 12.7. The average molecular weight is 399 g/mol. The molecule has 5 heterocycles. The van der Waals surface area contributed by atoms with Gasteiger partial charge < -0.3 is 18.8 Å². The van der Waals surface area contributed by atoms with Crippen molar-refractivity contribution in [2.75, 3.05) is 59.0 Å². The van der Waals surface area contributed by atoms with Crippen molar-refractivity contribution in [1.82, 2.24) is 24.1 Å². The van der Waals surface area contributed by atoms with Gasteiger partial charge in [0.25, 0.3) is 0 Å². The van der Waals surface area contributed by atoms with E-state index in [2.05, 4.69) is 20.4 Å². The maximum Gasteiger partial charge on any atom is 0.236 e. The van der Waals surface area contributed by atoms with E-state index in [9.17, 15) is 4.79 Å². The van der Waals surface area contributed by atoms with Crippen molar-refractivity contribution in [2.45, 2.75) is 25.2 Å². The van der Waals surface area contributed by atoms with Crippen molar-refractivity contribution in [3.8, 4) is 0 Å². The summed E-state index contributed by atoms with van der Waals surface area (Å²) in [6.45, 7) is 7.94. The first-order valence-corrected chi connectivity index (χ1v) is 10.6. The van der Waals surface area contributed by atoms with Gasteiger partial charge in [0.15, 0.2) is 5.79 Å². The van der Waals surface area contributed by atoms with Crippen LogP contribution in [0.4, 0.5) is 0 Å². The van der Waals surface area contributed by atoms with Gasteiger partial charge in [0.2, 0.25) is 5.91 Å². The Morgan fingerprint density at radius 1 is 1.00 bits per heavy atom. The molecular weight excluding hydrogens is 370 g/mol. The SMILES string of the molecule is O=C(CN1CCN(Cc2cn3ccccc3n2)CC1)N1CCC2(CC1)OCCO2. The number of fused-ring (bicyclic) bond motifs is 1. The summed E-state index contributed by atoms with van der Waals surface area (Å²) >= 11 is 0. The molecule has 5 rings (SSSR count). The summed E-state index contributed by atoms with van der Waals surface area (Å²) in [5.41, 5.74) is 2.09. The Hall–Kier alpha value is -2.00. The number of carbonyl (C=O) groups excluding carboxylic acids is 1. The minimum Gasteiger partial charge on any atom is -0.347 e. The number of rotatable bonds is 4. The third-order valence-corrected chi connectivity index (χ3v) is 6.31. The molecule has 0 N–H and O–H groups in total. The second-order valence-electron chi connectivity index (χ2n) is 8.24. The van der Waals surface area contributed by atoms with Crippen molar-refractivity contribution in [3.63, 3.8) is 0 Å². The van der Waals surface area contributed by atoms with Gasteiger partial charge in [-0.05, 0) is 12.1 Å². The van der Waals surface area contributed by atoms with Crippen molar-refractivity contribution in [3.05, 3.63) is 36.3 Å². The second kappa shape index (κ2) is 8.02. The summed E-state index contributed by atoms with van der Waals surface area (Å²) in [6.07, 6.45) is 5.70. The minimum atomic E-state index is -0.416. The number of piperazine rings is 1. The number of hydrogen-bond acceptors (Lipinski definition) is 6. The number of aromatic nitrogens is 2. The zero-order valence-electron chi connectivity index (χ0n) is 16.8. The molecule has 2 aromatic heterocycles. The summed E-state index contributed by atoms with van der Waals surface area (Å²) in [6, 6.07) is 6.06. The van der Waals surface area contributed by atoms with E-state index in [1.807, 2.05) is 29.3 Å². The lowest BCUT2D eigenvalue weighted by atomic mass is 10.0. The number of ether oxygens (including phenoxy) is 2. The molecule has 0 atom stereocenters. The van der Waals surface area contributed by atoms with Crippen LogP contribution in [0.15, 0.2) is 30.6 Å². The first-order valence-electron chi connectivity index (χ1n) is 10.6. The molecule has 0 radical (unpaired) electrons. The normalized spacial score (nSPS) is 23.2. The van der Waals surface area contributed by atoms with E-state index in [1.165, 1.54) is 0 Å². The summed E-state index contributed by atoms with van der Waals surface area (Å²) in [5.74, 6) is -0.188. The lowest BCUT2D eigenvalue weighted by Crippen LogP contribution is -2.52. The predicted octanol–water partition coefficient (Wildman–Crippen LogP) is 0.817. The lowest BCUT2D eigenvalue weighted by Gasteiger charge is -2.39. The number of pyridine rings is 1. The van der Waals surface area contributed by atoms with Gasteiger partial charge in [0.1, 0.15) is 5.65 Å². The Labute approximate surface area is 171 Å². The number of nitrogens with zero attached hydrogens (tertiary/aromatic N) is 5. The molecule has 3 aliphatic rings. The van der Waals surface area contributed by atoms with Crippen LogP contribution in [0.5, 0.6) is 0 Å². The topological polar surface area (TPSA) is 62.6 Å². The highest BCUT2D eigenvalue weighted by Crippen LogP contribution is 2.31. The van der Waals surface area contributed by atoms with Crippen LogP contribution in [0.2, 0.25) is 0 Å². The number of hydrogen-bond donors (Lipinski definition) is 0. The summed E-state index contributed by atoms with van der Waals surface area (Å²) in [5, 5.41) is 0. The van der Waals surface area contributed by atoms with Crippen LogP contribution >= 0.6 is 0 Å². The minimum absolute atomic E-state index is 0.228. The van der Waals surface area contributed by atoms with Crippen molar-refractivity contribution in [1.29, 1.82) is 0 Å². The van der Waals surface area contributed by atoms with Crippen molar-refractivity contribution in [2.24, 2.45) is 0 Å². The first-order chi connectivity index (χ1) is 14.2. The monoisotopic (exact) mass is 399 g/mol. The van der Waals surface area contributed by atoms with E-state index in [0.717, 1.165) is 70.0 Å². The lowest BCUT2D eigenvalue weighted by molar-refractivity contribution is -0.187. The van der Waals surface area contributed by atoms with Crippen molar-refractivity contribution < 1.29 is 14.3 Å². The van der Waals surface area contributed by atoms with E-state index in [1.54, 1.807) is 0 Å². The summed E-state index contributed by atoms with van der Waals surface area (Å²) in [4.78, 5) is 24.1. The van der Waals surface area contributed by atoms with Gasteiger partial charge in [-0.15, -0.1) is 0 Å². The van der Waals surface area contributed by atoms with Gasteiger partial charge in [-0.3, -0.25) is 14.6 Å². The number of amides is 1. The molecule has 1 amide bonds. The Kier molecular flexibility index (Phi) is 5.26. The number of likely N-dealkylation sites (tertiary alicyclic amines) is 1. The molecule has 3 aliphatic heterocycles. The van der Waals surface area contributed by atoms with Gasteiger partial charge in [0, 0.05) is 71.0 Å². The zero-order chi connectivity index (χ0) is 19.7. The highest BCUT2D eigenvalue weighted by Gasteiger charge is 2.40. The summed E-state index contributed by atoms with van der Waals surface area (Å²) in [7, 11) is 0. The van der Waals surface area contributed by atoms with Crippen LogP contribution in [0.25, 0.3) is 5.65 Å². The molecule has 3 saturated heterocycles. The molecule has 156 valence electrons. The second-order valence-corrected chi connectivity index (χ2v) is 8.24. The Balaban J connectivity index is 1.07. The smallest absolute Gasteiger partial charge is 0.236 e.